The molecule has 2 aromatic rings. The van der Waals surface area contributed by atoms with Crippen molar-refractivity contribution in [2.24, 2.45) is 4.99 Å². The number of hydrogen-bond acceptors (Lipinski definition) is 4. The van der Waals surface area contributed by atoms with Crippen LogP contribution >= 0.6 is 22.9 Å². The molecule has 0 unspecified atom stereocenters. The summed E-state index contributed by atoms with van der Waals surface area (Å²) < 4.78 is 0. The summed E-state index contributed by atoms with van der Waals surface area (Å²) in [6.45, 7) is 4.61. The first-order valence-electron chi connectivity index (χ1n) is 9.27. The van der Waals surface area contributed by atoms with Crippen LogP contribution in [0.4, 0.5) is 0 Å². The van der Waals surface area contributed by atoms with E-state index < -0.39 is 0 Å². The van der Waals surface area contributed by atoms with Gasteiger partial charge in [0.05, 0.1) is 5.71 Å². The quantitative estimate of drug-likeness (QED) is 0.519. The van der Waals surface area contributed by atoms with Crippen molar-refractivity contribution in [1.82, 2.24) is 5.32 Å². The predicted octanol–water partition coefficient (Wildman–Crippen LogP) is 5.54. The number of carbonyl (C=O) groups excluding carboxylic acids is 1. The molecule has 0 radical (unpaired) electrons. The van der Waals surface area contributed by atoms with Crippen LogP contribution in [0.15, 0.2) is 46.8 Å². The van der Waals surface area contributed by atoms with E-state index in [1.165, 1.54) is 0 Å². The van der Waals surface area contributed by atoms with E-state index in [0.29, 0.717) is 18.0 Å². The minimum Gasteiger partial charge on any atom is -0.351 e. The molecule has 0 aliphatic carbocycles. The van der Waals surface area contributed by atoms with E-state index in [9.17, 15) is 4.79 Å². The number of nitrogens with one attached hydrogen (secondary N) is 2. The highest BCUT2D eigenvalue weighted by Crippen LogP contribution is 2.25. The molecule has 2 rings (SSSR count). The fraction of sp³-hybridized carbons (Fsp3) is 0.318. The van der Waals surface area contributed by atoms with E-state index in [1.807, 2.05) is 35.7 Å². The van der Waals surface area contributed by atoms with E-state index in [-0.39, 0.29) is 18.0 Å². The molecule has 0 spiro atoms. The molecule has 1 aromatic heterocycles. The zero-order chi connectivity index (χ0) is 20.5. The molecule has 4 nitrogen and oxygen atoms in total. The monoisotopic (exact) mass is 415 g/mol. The Hall–Kier alpha value is -2.24. The number of rotatable bonds is 9. The molecule has 6 heteroatoms. The van der Waals surface area contributed by atoms with Gasteiger partial charge in [0.1, 0.15) is 5.71 Å². The molecular formula is C22H26ClN3OS. The summed E-state index contributed by atoms with van der Waals surface area (Å²) in [5.74, 6) is -0.351. The number of benzene rings is 1. The lowest BCUT2D eigenvalue weighted by Gasteiger charge is -2.13. The van der Waals surface area contributed by atoms with Crippen LogP contribution in [0.3, 0.4) is 0 Å². The molecular weight excluding hydrogens is 390 g/mol. The summed E-state index contributed by atoms with van der Waals surface area (Å²) in [7, 11) is 1.69. The lowest BCUT2D eigenvalue weighted by atomic mass is 9.97. The Kier molecular flexibility index (Phi) is 8.61. The Labute approximate surface area is 175 Å². The summed E-state index contributed by atoms with van der Waals surface area (Å²) in [5, 5.41) is 13.6. The molecule has 0 fully saturated rings. The van der Waals surface area contributed by atoms with Crippen molar-refractivity contribution in [3.8, 4) is 0 Å². The number of amides is 1. The summed E-state index contributed by atoms with van der Waals surface area (Å²) >= 11 is 7.72. The number of aryl methyl sites for hydroxylation is 1. The van der Waals surface area contributed by atoms with Gasteiger partial charge in [-0.15, -0.1) is 11.3 Å². The number of carbonyl (C=O) groups is 1. The van der Waals surface area contributed by atoms with Gasteiger partial charge in [0.2, 0.25) is 0 Å². The van der Waals surface area contributed by atoms with Crippen LogP contribution in [0.2, 0.25) is 5.02 Å². The minimum atomic E-state index is -0.351. The SMILES string of the molecule is CCC=C(CCNC(=O)C(=N)CC(=NC)c1cccs1)c1cc(Cl)ccc1C. The average Bonchev–Trinajstić information content (AvgIpc) is 3.21. The van der Waals surface area contributed by atoms with Crippen molar-refractivity contribution in [3.63, 3.8) is 0 Å². The summed E-state index contributed by atoms with van der Waals surface area (Å²) in [5.41, 5.74) is 4.20. The Morgan fingerprint density at radius 2 is 2.14 bits per heavy atom. The van der Waals surface area contributed by atoms with Crippen LogP contribution in [0.5, 0.6) is 0 Å². The Bertz CT molecular complexity index is 885. The van der Waals surface area contributed by atoms with Gasteiger partial charge in [-0.05, 0) is 60.0 Å². The van der Waals surface area contributed by atoms with E-state index in [0.717, 1.165) is 33.7 Å². The zero-order valence-electron chi connectivity index (χ0n) is 16.5. The second-order valence-corrected chi connectivity index (χ2v) is 7.79. The van der Waals surface area contributed by atoms with Gasteiger partial charge in [-0.2, -0.15) is 0 Å². The molecule has 0 atom stereocenters. The van der Waals surface area contributed by atoms with E-state index in [1.54, 1.807) is 18.4 Å². The van der Waals surface area contributed by atoms with Gasteiger partial charge in [-0.25, -0.2) is 0 Å². The van der Waals surface area contributed by atoms with Crippen molar-refractivity contribution < 1.29 is 4.79 Å². The largest absolute Gasteiger partial charge is 0.351 e. The van der Waals surface area contributed by atoms with E-state index >= 15 is 0 Å². The van der Waals surface area contributed by atoms with Crippen molar-refractivity contribution in [2.45, 2.75) is 33.1 Å². The first-order chi connectivity index (χ1) is 13.5. The Balaban J connectivity index is 1.94. The highest BCUT2D eigenvalue weighted by atomic mass is 35.5. The topological polar surface area (TPSA) is 65.3 Å². The first kappa shape index (κ1) is 22.1. The Morgan fingerprint density at radius 3 is 2.79 bits per heavy atom. The third kappa shape index (κ3) is 6.14. The standard InChI is InChI=1S/C22H26ClN3OS/c1-4-6-16(18-13-17(23)9-8-15(18)2)10-11-26-22(27)19(24)14-20(25-3)21-7-5-12-28-21/h5-9,12-13,24H,4,10-11,14H2,1-3H3,(H,26,27). The first-order valence-corrected chi connectivity index (χ1v) is 10.5. The maximum atomic E-state index is 12.3. The smallest absolute Gasteiger partial charge is 0.265 e. The van der Waals surface area contributed by atoms with Crippen molar-refractivity contribution in [1.29, 1.82) is 5.41 Å². The maximum Gasteiger partial charge on any atom is 0.265 e. The predicted molar refractivity (Wildman–Crippen MR) is 121 cm³/mol. The second-order valence-electron chi connectivity index (χ2n) is 6.41. The van der Waals surface area contributed by atoms with Crippen molar-refractivity contribution in [3.05, 3.63) is 62.8 Å². The van der Waals surface area contributed by atoms with Gasteiger partial charge in [0, 0.05) is 29.9 Å². The number of halogens is 1. The molecule has 0 saturated heterocycles. The van der Waals surface area contributed by atoms with E-state index in [4.69, 9.17) is 17.0 Å². The van der Waals surface area contributed by atoms with Crippen LogP contribution < -0.4 is 5.32 Å². The number of nitrogens with zero attached hydrogens (tertiary/aromatic N) is 1. The third-order valence-corrected chi connectivity index (χ3v) is 5.52. The van der Waals surface area contributed by atoms with Crippen LogP contribution in [-0.2, 0) is 4.79 Å². The lowest BCUT2D eigenvalue weighted by Crippen LogP contribution is -2.32. The van der Waals surface area contributed by atoms with Crippen LogP contribution in [-0.4, -0.2) is 30.9 Å². The van der Waals surface area contributed by atoms with Gasteiger partial charge in [0.25, 0.3) is 5.91 Å². The lowest BCUT2D eigenvalue weighted by molar-refractivity contribution is -0.114. The number of aliphatic imine (C=N–C) groups is 1. The molecule has 28 heavy (non-hydrogen) atoms. The average molecular weight is 416 g/mol. The van der Waals surface area contributed by atoms with Crippen molar-refractivity contribution >= 4 is 45.8 Å². The maximum absolute atomic E-state index is 12.3. The molecule has 0 aliphatic heterocycles. The van der Waals surface area contributed by atoms with Crippen LogP contribution in [0.25, 0.3) is 5.57 Å². The molecule has 0 bridgehead atoms. The number of allylic oxidation sites excluding steroid dienone is 1. The van der Waals surface area contributed by atoms with Gasteiger partial charge in [-0.1, -0.05) is 36.7 Å². The molecule has 1 amide bonds. The fourth-order valence-electron chi connectivity index (χ4n) is 2.92. The normalized spacial score (nSPS) is 12.1. The van der Waals surface area contributed by atoms with Gasteiger partial charge < -0.3 is 5.32 Å². The van der Waals surface area contributed by atoms with Crippen LogP contribution in [0.1, 0.15) is 42.2 Å². The molecule has 0 aliphatic rings. The molecule has 0 saturated carbocycles. The molecule has 1 aromatic carbocycles. The molecule has 1 heterocycles. The van der Waals surface area contributed by atoms with E-state index in [2.05, 4.69) is 30.2 Å². The highest BCUT2D eigenvalue weighted by molar-refractivity contribution is 7.12. The number of thiophene rings is 1. The van der Waals surface area contributed by atoms with Crippen LogP contribution in [0, 0.1) is 12.3 Å². The zero-order valence-corrected chi connectivity index (χ0v) is 18.1. The van der Waals surface area contributed by atoms with Crippen molar-refractivity contribution in [2.75, 3.05) is 13.6 Å². The number of hydrogen-bond donors (Lipinski definition) is 2. The van der Waals surface area contributed by atoms with Gasteiger partial charge in [0.15, 0.2) is 0 Å². The molecule has 148 valence electrons. The fourth-order valence-corrected chi connectivity index (χ4v) is 3.85. The highest BCUT2D eigenvalue weighted by Gasteiger charge is 2.14. The third-order valence-electron chi connectivity index (χ3n) is 4.37. The van der Waals surface area contributed by atoms with Gasteiger partial charge in [-0.3, -0.25) is 15.2 Å². The van der Waals surface area contributed by atoms with Gasteiger partial charge >= 0.3 is 0 Å². The summed E-state index contributed by atoms with van der Waals surface area (Å²) in [4.78, 5) is 17.6. The summed E-state index contributed by atoms with van der Waals surface area (Å²) in [6, 6.07) is 9.74. The molecule has 2 N–H and O–H groups in total. The minimum absolute atomic E-state index is 0.0222. The summed E-state index contributed by atoms with van der Waals surface area (Å²) in [6.07, 6.45) is 3.98. The second kappa shape index (κ2) is 10.9. The Morgan fingerprint density at radius 1 is 1.36 bits per heavy atom.